The fraction of sp³-hybridized carbons (Fsp3) is 0.286. The van der Waals surface area contributed by atoms with Crippen molar-refractivity contribution in [2.24, 2.45) is 0 Å². The number of nitrogens with two attached hydrogens (primary N) is 1. The van der Waals surface area contributed by atoms with E-state index in [0.29, 0.717) is 17.1 Å². The minimum Gasteiger partial charge on any atom is -0.497 e. The zero-order chi connectivity index (χ0) is 14.7. The number of rotatable bonds is 4. The van der Waals surface area contributed by atoms with Crippen molar-refractivity contribution in [3.05, 3.63) is 35.7 Å². The van der Waals surface area contributed by atoms with Crippen LogP contribution in [-0.2, 0) is 11.3 Å². The summed E-state index contributed by atoms with van der Waals surface area (Å²) >= 11 is 0. The number of methoxy groups -OCH3 is 1. The van der Waals surface area contributed by atoms with Gasteiger partial charge in [-0.05, 0) is 32.0 Å². The van der Waals surface area contributed by atoms with E-state index in [2.05, 4.69) is 10.4 Å². The molecule has 2 rings (SSSR count). The topological polar surface area (TPSA) is 82.2 Å². The normalized spacial score (nSPS) is 9.41. The molecule has 0 aliphatic carbocycles. The van der Waals surface area contributed by atoms with Crippen LogP contribution in [0.3, 0.4) is 0 Å². The lowest BCUT2D eigenvalue weighted by molar-refractivity contribution is -0.116. The highest BCUT2D eigenvalue weighted by Crippen LogP contribution is 2.24. The molecule has 0 atom stereocenters. The molecule has 6 nitrogen and oxygen atoms in total. The lowest BCUT2D eigenvalue weighted by Gasteiger charge is -2.10. The molecule has 2 aromatic rings. The van der Waals surface area contributed by atoms with Gasteiger partial charge in [0.05, 0.1) is 24.2 Å². The molecule has 1 amide bonds. The average molecular weight is 347 g/mol. The molecule has 122 valence electrons. The minimum absolute atomic E-state index is 0. The van der Waals surface area contributed by atoms with Crippen LogP contribution in [0.5, 0.6) is 5.75 Å². The van der Waals surface area contributed by atoms with Crippen LogP contribution in [0.25, 0.3) is 0 Å². The Balaban J connectivity index is 0.00000220. The number of nitrogens with zero attached hydrogens (tertiary/aromatic N) is 2. The third kappa shape index (κ3) is 4.82. The second kappa shape index (κ2) is 8.51. The number of amides is 1. The van der Waals surface area contributed by atoms with Gasteiger partial charge in [0.2, 0.25) is 5.91 Å². The van der Waals surface area contributed by atoms with Crippen LogP contribution < -0.4 is 15.8 Å². The molecule has 0 saturated carbocycles. The number of carbonyl (C=O) groups is 1. The van der Waals surface area contributed by atoms with Gasteiger partial charge in [0, 0.05) is 11.8 Å². The van der Waals surface area contributed by atoms with Crippen molar-refractivity contribution in [1.82, 2.24) is 9.78 Å². The highest BCUT2D eigenvalue weighted by atomic mass is 35.5. The number of anilines is 2. The van der Waals surface area contributed by atoms with Gasteiger partial charge >= 0.3 is 0 Å². The first kappa shape index (κ1) is 20.1. The molecule has 8 heteroatoms. The molecular formula is C14H20Cl2N4O2. The maximum atomic E-state index is 12.0. The second-order valence-electron chi connectivity index (χ2n) is 4.59. The highest BCUT2D eigenvalue weighted by molar-refractivity contribution is 5.94. The van der Waals surface area contributed by atoms with Crippen LogP contribution in [0.2, 0.25) is 0 Å². The molecule has 0 bridgehead atoms. The number of ether oxygens (including phenoxy) is 1. The number of aromatic nitrogens is 2. The number of halogens is 2. The van der Waals surface area contributed by atoms with E-state index >= 15 is 0 Å². The molecule has 0 fully saturated rings. The van der Waals surface area contributed by atoms with Crippen molar-refractivity contribution in [3.63, 3.8) is 0 Å². The Labute approximate surface area is 141 Å². The van der Waals surface area contributed by atoms with Gasteiger partial charge in [-0.1, -0.05) is 0 Å². The van der Waals surface area contributed by atoms with Gasteiger partial charge in [0.15, 0.2) is 0 Å². The monoisotopic (exact) mass is 346 g/mol. The Morgan fingerprint density at radius 2 is 2.00 bits per heavy atom. The van der Waals surface area contributed by atoms with Crippen LogP contribution in [0.1, 0.15) is 11.4 Å². The van der Waals surface area contributed by atoms with E-state index in [4.69, 9.17) is 10.5 Å². The fourth-order valence-electron chi connectivity index (χ4n) is 1.93. The van der Waals surface area contributed by atoms with Crippen molar-refractivity contribution in [2.75, 3.05) is 18.2 Å². The molecule has 1 heterocycles. The van der Waals surface area contributed by atoms with Crippen LogP contribution in [0.15, 0.2) is 24.3 Å². The molecule has 0 saturated heterocycles. The molecule has 0 radical (unpaired) electrons. The van der Waals surface area contributed by atoms with Gasteiger partial charge in [-0.15, -0.1) is 24.8 Å². The summed E-state index contributed by atoms with van der Waals surface area (Å²) in [6.45, 7) is 3.95. The lowest BCUT2D eigenvalue weighted by Crippen LogP contribution is -2.20. The largest absolute Gasteiger partial charge is 0.497 e. The Bertz CT molecular complexity index is 644. The van der Waals surface area contributed by atoms with Crippen molar-refractivity contribution < 1.29 is 9.53 Å². The predicted molar refractivity (Wildman–Crippen MR) is 92.2 cm³/mol. The summed E-state index contributed by atoms with van der Waals surface area (Å²) in [6.07, 6.45) is 0. The van der Waals surface area contributed by atoms with E-state index in [9.17, 15) is 4.79 Å². The van der Waals surface area contributed by atoms with E-state index < -0.39 is 0 Å². The third-order valence-corrected chi connectivity index (χ3v) is 2.93. The summed E-state index contributed by atoms with van der Waals surface area (Å²) in [5.41, 5.74) is 8.68. The summed E-state index contributed by atoms with van der Waals surface area (Å²) in [6, 6.07) is 7.05. The van der Waals surface area contributed by atoms with E-state index in [1.165, 1.54) is 0 Å². The predicted octanol–water partition coefficient (Wildman–Crippen LogP) is 2.57. The zero-order valence-corrected chi connectivity index (χ0v) is 14.3. The molecule has 0 spiro atoms. The van der Waals surface area contributed by atoms with Gasteiger partial charge in [0.1, 0.15) is 12.3 Å². The Morgan fingerprint density at radius 1 is 1.32 bits per heavy atom. The number of hydrogen-bond donors (Lipinski definition) is 2. The summed E-state index contributed by atoms with van der Waals surface area (Å²) in [5.74, 6) is 0.455. The van der Waals surface area contributed by atoms with Crippen LogP contribution in [0.4, 0.5) is 11.4 Å². The van der Waals surface area contributed by atoms with Crippen molar-refractivity contribution in [2.45, 2.75) is 20.4 Å². The van der Waals surface area contributed by atoms with E-state index in [1.807, 2.05) is 19.9 Å². The maximum absolute atomic E-state index is 12.0. The Kier molecular flexibility index (Phi) is 7.76. The zero-order valence-electron chi connectivity index (χ0n) is 12.6. The van der Waals surface area contributed by atoms with Crippen molar-refractivity contribution in [1.29, 1.82) is 0 Å². The van der Waals surface area contributed by atoms with Gasteiger partial charge < -0.3 is 15.8 Å². The standard InChI is InChI=1S/C14H18N4O2.2ClH/c1-9-6-10(2)18(17-9)8-14(19)16-13-7-11(20-3)4-5-12(13)15;;/h4-7H,8,15H2,1-3H3,(H,16,19);2*1H. The molecule has 22 heavy (non-hydrogen) atoms. The van der Waals surface area contributed by atoms with Crippen LogP contribution in [-0.4, -0.2) is 22.8 Å². The van der Waals surface area contributed by atoms with Gasteiger partial charge in [-0.2, -0.15) is 5.10 Å². The fourth-order valence-corrected chi connectivity index (χ4v) is 1.93. The molecule has 1 aromatic carbocycles. The number of nitrogens with one attached hydrogen (secondary N) is 1. The number of hydrogen-bond acceptors (Lipinski definition) is 4. The van der Waals surface area contributed by atoms with Crippen molar-refractivity contribution >= 4 is 42.1 Å². The van der Waals surface area contributed by atoms with E-state index in [1.54, 1.807) is 30.0 Å². The summed E-state index contributed by atoms with van der Waals surface area (Å²) < 4.78 is 6.76. The first-order valence-corrected chi connectivity index (χ1v) is 6.24. The number of aryl methyl sites for hydroxylation is 2. The highest BCUT2D eigenvalue weighted by Gasteiger charge is 2.09. The molecule has 1 aromatic heterocycles. The SMILES string of the molecule is COc1ccc(N)c(NC(=O)Cn2nc(C)cc2C)c1.Cl.Cl. The molecule has 0 unspecified atom stereocenters. The number of carbonyl (C=O) groups excluding carboxylic acids is 1. The second-order valence-corrected chi connectivity index (χ2v) is 4.59. The lowest BCUT2D eigenvalue weighted by atomic mass is 10.2. The third-order valence-electron chi connectivity index (χ3n) is 2.93. The molecule has 0 aliphatic rings. The molecule has 3 N–H and O–H groups in total. The van der Waals surface area contributed by atoms with E-state index in [0.717, 1.165) is 11.4 Å². The smallest absolute Gasteiger partial charge is 0.246 e. The van der Waals surface area contributed by atoms with Crippen molar-refractivity contribution in [3.8, 4) is 5.75 Å². The van der Waals surface area contributed by atoms with Gasteiger partial charge in [-0.25, -0.2) is 0 Å². The first-order valence-electron chi connectivity index (χ1n) is 6.24. The van der Waals surface area contributed by atoms with Gasteiger partial charge in [-0.3, -0.25) is 9.48 Å². The Hall–Kier alpha value is -1.92. The summed E-state index contributed by atoms with van der Waals surface area (Å²) in [5, 5.41) is 7.01. The molecular weight excluding hydrogens is 327 g/mol. The average Bonchev–Trinajstić information content (AvgIpc) is 2.70. The first-order chi connectivity index (χ1) is 9.49. The summed E-state index contributed by atoms with van der Waals surface area (Å²) in [4.78, 5) is 12.0. The van der Waals surface area contributed by atoms with Crippen LogP contribution >= 0.6 is 24.8 Å². The quantitative estimate of drug-likeness (QED) is 0.833. The maximum Gasteiger partial charge on any atom is 0.246 e. The Morgan fingerprint density at radius 3 is 2.55 bits per heavy atom. The van der Waals surface area contributed by atoms with Crippen LogP contribution in [0, 0.1) is 13.8 Å². The number of benzene rings is 1. The number of nitrogen functional groups attached to an aromatic ring is 1. The minimum atomic E-state index is -0.184. The molecule has 0 aliphatic heterocycles. The van der Waals surface area contributed by atoms with E-state index in [-0.39, 0.29) is 37.3 Å². The summed E-state index contributed by atoms with van der Waals surface area (Å²) in [7, 11) is 1.56. The van der Waals surface area contributed by atoms with Gasteiger partial charge in [0.25, 0.3) is 0 Å².